The minimum Gasteiger partial charge on any atom is -0.461 e. The molecule has 0 spiro atoms. The fourth-order valence-electron chi connectivity index (χ4n) is 2.37. The minimum atomic E-state index is -4.68. The van der Waals surface area contributed by atoms with Crippen molar-refractivity contribution in [1.29, 1.82) is 0 Å². The average molecular weight is 358 g/mol. The zero-order valence-electron chi connectivity index (χ0n) is 16.0. The van der Waals surface area contributed by atoms with Crippen molar-refractivity contribution in [3.05, 3.63) is 53.6 Å². The van der Waals surface area contributed by atoms with Crippen LogP contribution in [0.1, 0.15) is 45.5 Å². The molecule has 0 fully saturated rings. The Morgan fingerprint density at radius 2 is 2.04 bits per heavy atom. The molecule has 2 aromatic rings. The van der Waals surface area contributed by atoms with Gasteiger partial charge in [-0.3, -0.25) is 0 Å². The van der Waals surface area contributed by atoms with Crippen LogP contribution in [-0.2, 0) is 10.4 Å². The van der Waals surface area contributed by atoms with Gasteiger partial charge in [0.25, 0.3) is 0 Å². The summed E-state index contributed by atoms with van der Waals surface area (Å²) in [7, 11) is 0. The van der Waals surface area contributed by atoms with E-state index in [4.69, 9.17) is 8.85 Å². The van der Waals surface area contributed by atoms with Gasteiger partial charge in [0.1, 0.15) is 5.69 Å². The fourth-order valence-corrected chi connectivity index (χ4v) is 2.37. The zero-order valence-corrected chi connectivity index (χ0v) is 13.0. The van der Waals surface area contributed by atoms with Crippen LogP contribution in [0.25, 0.3) is 0 Å². The largest absolute Gasteiger partial charge is 0.461 e. The van der Waals surface area contributed by atoms with Gasteiger partial charge in [0, 0.05) is 9.68 Å². The number of imidazole rings is 1. The van der Waals surface area contributed by atoms with Gasteiger partial charge in [0.15, 0.2) is 0 Å². The lowest BCUT2D eigenvalue weighted by molar-refractivity contribution is -0.166. The molecule has 0 aliphatic carbocycles. The van der Waals surface area contributed by atoms with Gasteiger partial charge in [-0.25, -0.2) is 9.78 Å². The SMILES string of the molecule is [3H]C([3H])([3H])C(c1ccc(C2(C(F)(F)F)N=N2)cc1)n1cncc1C(=O)OCC. The van der Waals surface area contributed by atoms with E-state index in [1.807, 2.05) is 0 Å². The summed E-state index contributed by atoms with van der Waals surface area (Å²) in [4.78, 5) is 15.9. The average Bonchev–Trinajstić information content (AvgIpc) is 3.28. The van der Waals surface area contributed by atoms with Crippen LogP contribution >= 0.6 is 0 Å². The lowest BCUT2D eigenvalue weighted by Crippen LogP contribution is -2.30. The first kappa shape index (κ1) is 13.6. The van der Waals surface area contributed by atoms with Crippen LogP contribution in [0.5, 0.6) is 0 Å². The van der Waals surface area contributed by atoms with E-state index >= 15 is 0 Å². The molecule has 0 saturated heterocycles. The summed E-state index contributed by atoms with van der Waals surface area (Å²) in [5.74, 6) is -0.752. The topological polar surface area (TPSA) is 68.8 Å². The Balaban J connectivity index is 1.99. The number of carbonyl (C=O) groups excluding carboxylic acids is 1. The summed E-state index contributed by atoms with van der Waals surface area (Å²) in [5, 5.41) is 6.24. The van der Waals surface area contributed by atoms with Crippen molar-refractivity contribution >= 4 is 5.97 Å². The third kappa shape index (κ3) is 2.90. The Morgan fingerprint density at radius 1 is 1.36 bits per heavy atom. The Hall–Kier alpha value is -2.71. The lowest BCUT2D eigenvalue weighted by atomic mass is 9.99. The fraction of sp³-hybridized carbons (Fsp3) is 0.375. The summed E-state index contributed by atoms with van der Waals surface area (Å²) in [6.07, 6.45) is -2.34. The smallest absolute Gasteiger partial charge is 0.442 e. The van der Waals surface area contributed by atoms with Crippen LogP contribution < -0.4 is 0 Å². The summed E-state index contributed by atoms with van der Waals surface area (Å²) in [6.45, 7) is -0.924. The molecule has 9 heteroatoms. The molecule has 2 heterocycles. The van der Waals surface area contributed by atoms with Gasteiger partial charge in [-0.1, -0.05) is 24.3 Å². The number of benzene rings is 1. The molecule has 1 aromatic heterocycles. The van der Waals surface area contributed by atoms with Gasteiger partial charge in [-0.2, -0.15) is 13.2 Å². The first-order chi connectivity index (χ1) is 13.0. The predicted molar refractivity (Wildman–Crippen MR) is 81.0 cm³/mol. The molecule has 0 bridgehead atoms. The maximum Gasteiger partial charge on any atom is 0.442 e. The number of hydrogen-bond donors (Lipinski definition) is 0. The quantitative estimate of drug-likeness (QED) is 0.763. The van der Waals surface area contributed by atoms with Crippen molar-refractivity contribution in [3.63, 3.8) is 0 Å². The number of esters is 1. The zero-order chi connectivity index (χ0) is 20.7. The van der Waals surface area contributed by atoms with Crippen molar-refractivity contribution < 1.29 is 26.8 Å². The predicted octanol–water partition coefficient (Wildman–Crippen LogP) is 3.85. The number of ether oxygens (including phenoxy) is 1. The Kier molecular flexibility index (Phi) is 3.24. The van der Waals surface area contributed by atoms with Crippen molar-refractivity contribution in [2.75, 3.05) is 6.61 Å². The molecule has 0 N–H and O–H groups in total. The van der Waals surface area contributed by atoms with Gasteiger partial charge in [0.05, 0.1) is 25.2 Å². The lowest BCUT2D eigenvalue weighted by Gasteiger charge is -2.18. The van der Waals surface area contributed by atoms with E-state index in [0.29, 0.717) is 0 Å². The van der Waals surface area contributed by atoms with Crippen molar-refractivity contribution in [2.24, 2.45) is 10.2 Å². The van der Waals surface area contributed by atoms with E-state index in [-0.39, 0.29) is 23.4 Å². The summed E-state index contributed by atoms with van der Waals surface area (Å²) in [6, 6.07) is 3.40. The monoisotopic (exact) mass is 358 g/mol. The highest BCUT2D eigenvalue weighted by Crippen LogP contribution is 2.52. The molecule has 25 heavy (non-hydrogen) atoms. The highest BCUT2D eigenvalue weighted by molar-refractivity contribution is 5.87. The van der Waals surface area contributed by atoms with E-state index in [2.05, 4.69) is 15.2 Å². The standard InChI is InChI=1S/C16H15F3N4O2/c1-3-25-14(24)13-8-20-9-23(13)10(2)11-4-6-12(7-5-11)15(21-22-15)16(17,18)19/h4-10H,3H2,1-2H3/i2T3. The second-order valence-corrected chi connectivity index (χ2v) is 5.30. The van der Waals surface area contributed by atoms with Crippen LogP contribution in [0.2, 0.25) is 0 Å². The van der Waals surface area contributed by atoms with Crippen LogP contribution in [0.15, 0.2) is 47.0 Å². The Labute approximate surface area is 145 Å². The number of nitrogens with zero attached hydrogens (tertiary/aromatic N) is 4. The molecule has 1 aliphatic heterocycles. The second kappa shape index (κ2) is 5.98. The number of hydrogen-bond acceptors (Lipinski definition) is 5. The van der Waals surface area contributed by atoms with Gasteiger partial charge in [0.2, 0.25) is 0 Å². The molecule has 3 rings (SSSR count). The molecule has 6 nitrogen and oxygen atoms in total. The first-order valence-electron chi connectivity index (χ1n) is 8.81. The normalized spacial score (nSPS) is 18.8. The Bertz CT molecular complexity index is 901. The maximum absolute atomic E-state index is 13.1. The van der Waals surface area contributed by atoms with Gasteiger partial charge < -0.3 is 9.30 Å². The molecular formula is C16H15F3N4O2. The van der Waals surface area contributed by atoms with E-state index < -0.39 is 30.7 Å². The number of halogens is 3. The minimum absolute atomic E-state index is 0.0778. The molecule has 0 radical (unpaired) electrons. The highest BCUT2D eigenvalue weighted by atomic mass is 19.4. The van der Waals surface area contributed by atoms with Crippen molar-refractivity contribution in [2.45, 2.75) is 31.7 Å². The number of alkyl halides is 3. The molecular weight excluding hydrogens is 337 g/mol. The van der Waals surface area contributed by atoms with Gasteiger partial charge in [-0.05, 0) is 19.3 Å². The van der Waals surface area contributed by atoms with Crippen LogP contribution in [0, 0.1) is 0 Å². The third-order valence-electron chi connectivity index (χ3n) is 3.75. The summed E-state index contributed by atoms with van der Waals surface area (Å²) in [5.41, 5.74) is -2.72. The van der Waals surface area contributed by atoms with E-state index in [1.54, 1.807) is 6.92 Å². The second-order valence-electron chi connectivity index (χ2n) is 5.30. The van der Waals surface area contributed by atoms with Crippen molar-refractivity contribution in [1.82, 2.24) is 9.55 Å². The number of carbonyl (C=O) groups is 1. The Morgan fingerprint density at radius 3 is 2.56 bits per heavy atom. The van der Waals surface area contributed by atoms with E-state index in [0.717, 1.165) is 16.7 Å². The van der Waals surface area contributed by atoms with Crippen LogP contribution in [0.4, 0.5) is 13.2 Å². The van der Waals surface area contributed by atoms with Crippen molar-refractivity contribution in [3.8, 4) is 0 Å². The van der Waals surface area contributed by atoms with Gasteiger partial charge in [-0.15, -0.1) is 10.2 Å². The molecule has 0 saturated carbocycles. The molecule has 1 aromatic carbocycles. The van der Waals surface area contributed by atoms with Gasteiger partial charge >= 0.3 is 17.8 Å². The molecule has 0 amide bonds. The molecule has 1 atom stereocenters. The molecule has 1 aliphatic rings. The molecule has 132 valence electrons. The third-order valence-corrected chi connectivity index (χ3v) is 3.75. The van der Waals surface area contributed by atoms with Crippen LogP contribution in [0.3, 0.4) is 0 Å². The van der Waals surface area contributed by atoms with E-state index in [1.165, 1.54) is 24.7 Å². The van der Waals surface area contributed by atoms with E-state index in [9.17, 15) is 18.0 Å². The summed E-state index contributed by atoms with van der Waals surface area (Å²) >= 11 is 0. The number of aromatic nitrogens is 2. The maximum atomic E-state index is 13.1. The van der Waals surface area contributed by atoms with Crippen LogP contribution in [-0.4, -0.2) is 28.3 Å². The highest BCUT2D eigenvalue weighted by Gasteiger charge is 2.65. The first-order valence-corrected chi connectivity index (χ1v) is 7.31. The molecule has 1 unspecified atom stereocenters. The summed E-state index contributed by atoms with van der Waals surface area (Å²) < 4.78 is 68.9. The number of rotatable bonds is 5.